The van der Waals surface area contributed by atoms with Gasteiger partial charge < -0.3 is 10.4 Å². The van der Waals surface area contributed by atoms with Crippen LogP contribution in [0.1, 0.15) is 24.6 Å². The fourth-order valence-electron chi connectivity index (χ4n) is 2.15. The molecule has 1 aliphatic heterocycles. The van der Waals surface area contributed by atoms with Gasteiger partial charge in [0.15, 0.2) is 17.2 Å². The Morgan fingerprint density at radius 2 is 2.44 bits per heavy atom. The lowest BCUT2D eigenvalue weighted by Crippen LogP contribution is -2.28. The molecule has 0 saturated carbocycles. The molecule has 84 valence electrons. The molecule has 1 aliphatic rings. The van der Waals surface area contributed by atoms with E-state index < -0.39 is 0 Å². The van der Waals surface area contributed by atoms with Gasteiger partial charge >= 0.3 is 0 Å². The fourth-order valence-corrected chi connectivity index (χ4v) is 2.15. The summed E-state index contributed by atoms with van der Waals surface area (Å²) in [6.45, 7) is 2.01. The van der Waals surface area contributed by atoms with Crippen LogP contribution in [0.3, 0.4) is 0 Å². The number of hydrogen-bond acceptors (Lipinski definition) is 4. The molecule has 2 aromatic rings. The highest BCUT2D eigenvalue weighted by atomic mass is 16.3. The molecule has 16 heavy (non-hydrogen) atoms. The van der Waals surface area contributed by atoms with Gasteiger partial charge in [-0.05, 0) is 31.5 Å². The van der Waals surface area contributed by atoms with Crippen molar-refractivity contribution in [2.24, 2.45) is 0 Å². The molecule has 0 spiro atoms. The van der Waals surface area contributed by atoms with Gasteiger partial charge in [0.25, 0.3) is 0 Å². The minimum atomic E-state index is 0.185. The quantitative estimate of drug-likeness (QED) is 0.746. The van der Waals surface area contributed by atoms with Crippen LogP contribution in [-0.2, 0) is 0 Å². The molecule has 0 amide bonds. The highest BCUT2D eigenvalue weighted by Gasteiger charge is 2.20. The Kier molecular flexibility index (Phi) is 2.25. The zero-order valence-electron chi connectivity index (χ0n) is 8.93. The first kappa shape index (κ1) is 9.59. The average molecular weight is 218 g/mol. The lowest BCUT2D eigenvalue weighted by molar-refractivity contribution is 0.446. The number of rotatable bonds is 1. The number of pyridine rings is 1. The lowest BCUT2D eigenvalue weighted by Gasteiger charge is -2.19. The van der Waals surface area contributed by atoms with E-state index in [2.05, 4.69) is 15.4 Å². The summed E-state index contributed by atoms with van der Waals surface area (Å²) in [6, 6.07) is 3.40. The monoisotopic (exact) mass is 218 g/mol. The fraction of sp³-hybridized carbons (Fsp3) is 0.455. The van der Waals surface area contributed by atoms with Crippen molar-refractivity contribution in [1.82, 2.24) is 19.9 Å². The average Bonchev–Trinajstić information content (AvgIpc) is 2.76. The standard InChI is InChI=1S/C11H14N4O/c16-9-4-2-6-15-11(9)13-10(14-15)8-3-1-5-12-7-8/h2,4,6,8,12,16H,1,3,5,7H2. The molecule has 1 saturated heterocycles. The van der Waals surface area contributed by atoms with Gasteiger partial charge in [0.05, 0.1) is 0 Å². The SMILES string of the molecule is Oc1cccn2nc(C3CCCNC3)nc12. The minimum Gasteiger partial charge on any atom is -0.504 e. The van der Waals surface area contributed by atoms with Crippen molar-refractivity contribution < 1.29 is 5.11 Å². The van der Waals surface area contributed by atoms with Gasteiger partial charge in [-0.2, -0.15) is 5.10 Å². The third-order valence-corrected chi connectivity index (χ3v) is 3.02. The van der Waals surface area contributed by atoms with E-state index in [0.29, 0.717) is 11.6 Å². The van der Waals surface area contributed by atoms with Crippen molar-refractivity contribution in [1.29, 1.82) is 0 Å². The molecule has 1 atom stereocenters. The Labute approximate surface area is 93.1 Å². The van der Waals surface area contributed by atoms with Crippen molar-refractivity contribution in [3.63, 3.8) is 0 Å². The summed E-state index contributed by atoms with van der Waals surface area (Å²) in [6.07, 6.45) is 4.08. The smallest absolute Gasteiger partial charge is 0.197 e. The number of fused-ring (bicyclic) bond motifs is 1. The van der Waals surface area contributed by atoms with Gasteiger partial charge in [0.2, 0.25) is 0 Å². The van der Waals surface area contributed by atoms with Gasteiger partial charge in [-0.1, -0.05) is 0 Å². The maximum absolute atomic E-state index is 9.64. The van der Waals surface area contributed by atoms with Crippen molar-refractivity contribution in [3.05, 3.63) is 24.2 Å². The van der Waals surface area contributed by atoms with Crippen LogP contribution in [0.4, 0.5) is 0 Å². The Balaban J connectivity index is 2.01. The normalized spacial score (nSPS) is 21.4. The number of hydrogen-bond donors (Lipinski definition) is 2. The van der Waals surface area contributed by atoms with Crippen LogP contribution in [0.25, 0.3) is 5.65 Å². The van der Waals surface area contributed by atoms with E-state index in [4.69, 9.17) is 0 Å². The largest absolute Gasteiger partial charge is 0.504 e. The van der Waals surface area contributed by atoms with Crippen molar-refractivity contribution >= 4 is 5.65 Å². The third-order valence-electron chi connectivity index (χ3n) is 3.02. The maximum atomic E-state index is 9.64. The van der Waals surface area contributed by atoms with Crippen molar-refractivity contribution in [3.8, 4) is 5.75 Å². The Morgan fingerprint density at radius 3 is 3.19 bits per heavy atom. The summed E-state index contributed by atoms with van der Waals surface area (Å²) >= 11 is 0. The van der Waals surface area contributed by atoms with Gasteiger partial charge in [-0.25, -0.2) is 9.50 Å². The van der Waals surface area contributed by atoms with E-state index >= 15 is 0 Å². The summed E-state index contributed by atoms with van der Waals surface area (Å²) in [5, 5.41) is 17.4. The van der Waals surface area contributed by atoms with Crippen molar-refractivity contribution in [2.75, 3.05) is 13.1 Å². The second-order valence-corrected chi connectivity index (χ2v) is 4.17. The molecule has 0 bridgehead atoms. The van der Waals surface area contributed by atoms with E-state index in [1.165, 1.54) is 0 Å². The second-order valence-electron chi connectivity index (χ2n) is 4.17. The minimum absolute atomic E-state index is 0.185. The molecule has 2 N–H and O–H groups in total. The van der Waals surface area contributed by atoms with E-state index in [1.54, 1.807) is 16.6 Å². The van der Waals surface area contributed by atoms with E-state index in [9.17, 15) is 5.11 Å². The van der Waals surface area contributed by atoms with Crippen LogP contribution in [-0.4, -0.2) is 32.8 Å². The zero-order chi connectivity index (χ0) is 11.0. The number of piperidine rings is 1. The summed E-state index contributed by atoms with van der Waals surface area (Å²) in [5.74, 6) is 1.38. The van der Waals surface area contributed by atoms with Crippen LogP contribution < -0.4 is 5.32 Å². The van der Waals surface area contributed by atoms with Gasteiger partial charge in [0.1, 0.15) is 0 Å². The molecule has 0 aromatic carbocycles. The second kappa shape index (κ2) is 3.75. The molecule has 1 fully saturated rings. The van der Waals surface area contributed by atoms with Crippen LogP contribution in [0.2, 0.25) is 0 Å². The maximum Gasteiger partial charge on any atom is 0.197 e. The van der Waals surface area contributed by atoms with Gasteiger partial charge in [0, 0.05) is 18.7 Å². The molecule has 5 heteroatoms. The molecular weight excluding hydrogens is 204 g/mol. The predicted octanol–water partition coefficient (Wildman–Crippen LogP) is 0.902. The number of aromatic hydroxyl groups is 1. The van der Waals surface area contributed by atoms with Gasteiger partial charge in [-0.3, -0.25) is 0 Å². The number of nitrogens with one attached hydrogen (secondary N) is 1. The molecule has 5 nitrogen and oxygen atoms in total. The highest BCUT2D eigenvalue weighted by molar-refractivity contribution is 5.51. The number of nitrogens with zero attached hydrogens (tertiary/aromatic N) is 3. The predicted molar refractivity (Wildman–Crippen MR) is 59.5 cm³/mol. The summed E-state index contributed by atoms with van der Waals surface area (Å²) in [7, 11) is 0. The first-order valence-corrected chi connectivity index (χ1v) is 5.59. The van der Waals surface area contributed by atoms with Crippen LogP contribution in [0.15, 0.2) is 18.3 Å². The molecule has 0 aliphatic carbocycles. The summed E-state index contributed by atoms with van der Waals surface area (Å²) in [4.78, 5) is 4.40. The van der Waals surface area contributed by atoms with E-state index in [1.807, 2.05) is 6.20 Å². The lowest BCUT2D eigenvalue weighted by atomic mass is 9.99. The Morgan fingerprint density at radius 1 is 1.50 bits per heavy atom. The summed E-state index contributed by atoms with van der Waals surface area (Å²) < 4.78 is 1.64. The Hall–Kier alpha value is -1.62. The molecule has 2 aromatic heterocycles. The summed E-state index contributed by atoms with van der Waals surface area (Å²) in [5.41, 5.74) is 0.545. The first-order valence-electron chi connectivity index (χ1n) is 5.59. The first-order chi connectivity index (χ1) is 7.84. The third kappa shape index (κ3) is 1.53. The Bertz CT molecular complexity index is 502. The molecule has 3 heterocycles. The van der Waals surface area contributed by atoms with E-state index in [-0.39, 0.29) is 5.75 Å². The molecular formula is C11H14N4O. The number of aromatic nitrogens is 3. The highest BCUT2D eigenvalue weighted by Crippen LogP contribution is 2.23. The molecule has 0 radical (unpaired) electrons. The van der Waals surface area contributed by atoms with Crippen molar-refractivity contribution in [2.45, 2.75) is 18.8 Å². The zero-order valence-corrected chi connectivity index (χ0v) is 8.93. The van der Waals surface area contributed by atoms with Crippen LogP contribution in [0.5, 0.6) is 5.75 Å². The molecule has 3 rings (SSSR count). The topological polar surface area (TPSA) is 62.5 Å². The van der Waals surface area contributed by atoms with Crippen LogP contribution >= 0.6 is 0 Å². The molecule has 1 unspecified atom stereocenters. The van der Waals surface area contributed by atoms with Crippen LogP contribution in [0, 0.1) is 0 Å². The van der Waals surface area contributed by atoms with E-state index in [0.717, 1.165) is 31.8 Å². The van der Waals surface area contributed by atoms with Gasteiger partial charge in [-0.15, -0.1) is 0 Å².